The summed E-state index contributed by atoms with van der Waals surface area (Å²) in [6.07, 6.45) is 0. The summed E-state index contributed by atoms with van der Waals surface area (Å²) >= 11 is 0. The standard InChI is InChI=1S/C23H24N2O5/c1-15(2)24(13-17-9-5-4-6-10-17)20(26)14-30-23(29)16(3)25-21(27)18-11-7-8-12-19(18)22(25)28/h4-12,15-16H,13-14H2,1-3H3/t16-/m0/s1. The first-order valence-corrected chi connectivity index (χ1v) is 9.78. The average Bonchev–Trinajstić information content (AvgIpc) is 3.00. The molecular weight excluding hydrogens is 384 g/mol. The average molecular weight is 408 g/mol. The smallest absolute Gasteiger partial charge is 0.329 e. The van der Waals surface area contributed by atoms with E-state index in [1.54, 1.807) is 29.2 Å². The minimum atomic E-state index is -1.13. The van der Waals surface area contributed by atoms with Crippen LogP contribution in [0, 0.1) is 0 Å². The second-order valence-corrected chi connectivity index (χ2v) is 7.41. The number of esters is 1. The van der Waals surface area contributed by atoms with Gasteiger partial charge in [0.25, 0.3) is 17.7 Å². The van der Waals surface area contributed by atoms with Gasteiger partial charge < -0.3 is 9.64 Å². The summed E-state index contributed by atoms with van der Waals surface area (Å²) in [5.41, 5.74) is 1.48. The van der Waals surface area contributed by atoms with E-state index in [1.807, 2.05) is 44.2 Å². The molecule has 0 radical (unpaired) electrons. The van der Waals surface area contributed by atoms with E-state index in [1.165, 1.54) is 6.92 Å². The number of carbonyl (C=O) groups excluding carboxylic acids is 4. The summed E-state index contributed by atoms with van der Waals surface area (Å²) in [6.45, 7) is 5.10. The Labute approximate surface area is 175 Å². The highest BCUT2D eigenvalue weighted by molar-refractivity contribution is 6.22. The molecule has 1 aliphatic rings. The lowest BCUT2D eigenvalue weighted by Crippen LogP contribution is -2.45. The minimum Gasteiger partial charge on any atom is -0.454 e. The van der Waals surface area contributed by atoms with Crippen molar-refractivity contribution in [2.75, 3.05) is 6.61 Å². The lowest BCUT2D eigenvalue weighted by atomic mass is 10.1. The van der Waals surface area contributed by atoms with Crippen molar-refractivity contribution >= 4 is 23.7 Å². The van der Waals surface area contributed by atoms with Crippen molar-refractivity contribution in [1.29, 1.82) is 0 Å². The molecule has 30 heavy (non-hydrogen) atoms. The fourth-order valence-electron chi connectivity index (χ4n) is 3.34. The molecule has 0 fully saturated rings. The quantitative estimate of drug-likeness (QED) is 0.520. The maximum absolute atomic E-state index is 12.6. The number of hydrogen-bond donors (Lipinski definition) is 0. The Bertz CT molecular complexity index is 936. The number of benzene rings is 2. The van der Waals surface area contributed by atoms with E-state index < -0.39 is 30.4 Å². The molecule has 0 N–H and O–H groups in total. The van der Waals surface area contributed by atoms with Crippen molar-refractivity contribution < 1.29 is 23.9 Å². The van der Waals surface area contributed by atoms with Crippen molar-refractivity contribution in [3.05, 3.63) is 71.3 Å². The van der Waals surface area contributed by atoms with Gasteiger partial charge in [0.15, 0.2) is 6.61 Å². The third kappa shape index (κ3) is 4.25. The third-order valence-corrected chi connectivity index (χ3v) is 5.03. The van der Waals surface area contributed by atoms with Gasteiger partial charge in [-0.15, -0.1) is 0 Å². The largest absolute Gasteiger partial charge is 0.454 e. The van der Waals surface area contributed by atoms with E-state index in [4.69, 9.17) is 4.74 Å². The van der Waals surface area contributed by atoms with E-state index >= 15 is 0 Å². The SMILES string of the molecule is CC(C)N(Cc1ccccc1)C(=O)COC(=O)[C@H](C)N1C(=O)c2ccccc2C1=O. The Kier molecular flexibility index (Phi) is 6.30. The predicted octanol–water partition coefficient (Wildman–Crippen LogP) is 2.65. The molecule has 1 heterocycles. The van der Waals surface area contributed by atoms with Crippen LogP contribution in [0.5, 0.6) is 0 Å². The van der Waals surface area contributed by atoms with Crippen LogP contribution in [0.25, 0.3) is 0 Å². The van der Waals surface area contributed by atoms with E-state index in [0.29, 0.717) is 6.54 Å². The van der Waals surface area contributed by atoms with Gasteiger partial charge in [-0.25, -0.2) is 4.79 Å². The Balaban J connectivity index is 1.62. The molecule has 156 valence electrons. The molecule has 0 aliphatic carbocycles. The molecule has 3 rings (SSSR count). The van der Waals surface area contributed by atoms with E-state index in [9.17, 15) is 19.2 Å². The molecule has 3 amide bonds. The molecule has 7 heteroatoms. The van der Waals surface area contributed by atoms with Gasteiger partial charge in [-0.2, -0.15) is 0 Å². The Morgan fingerprint density at radius 3 is 1.97 bits per heavy atom. The number of fused-ring (bicyclic) bond motifs is 1. The van der Waals surface area contributed by atoms with Gasteiger partial charge in [0.05, 0.1) is 11.1 Å². The van der Waals surface area contributed by atoms with E-state index in [-0.39, 0.29) is 23.1 Å². The summed E-state index contributed by atoms with van der Waals surface area (Å²) < 4.78 is 5.17. The van der Waals surface area contributed by atoms with Gasteiger partial charge in [-0.05, 0) is 38.5 Å². The lowest BCUT2D eigenvalue weighted by molar-refractivity contribution is -0.155. The number of hydrogen-bond acceptors (Lipinski definition) is 5. The maximum Gasteiger partial charge on any atom is 0.329 e. The van der Waals surface area contributed by atoms with Gasteiger partial charge >= 0.3 is 5.97 Å². The minimum absolute atomic E-state index is 0.0925. The molecule has 0 saturated heterocycles. The topological polar surface area (TPSA) is 84.0 Å². The summed E-state index contributed by atoms with van der Waals surface area (Å²) in [7, 11) is 0. The summed E-state index contributed by atoms with van der Waals surface area (Å²) in [5, 5.41) is 0. The van der Waals surface area contributed by atoms with Crippen LogP contribution in [0.4, 0.5) is 0 Å². The van der Waals surface area contributed by atoms with Crippen LogP contribution in [-0.2, 0) is 20.9 Å². The van der Waals surface area contributed by atoms with Crippen molar-refractivity contribution in [2.24, 2.45) is 0 Å². The number of imide groups is 1. The molecule has 0 bridgehead atoms. The number of carbonyl (C=O) groups is 4. The highest BCUT2D eigenvalue weighted by Crippen LogP contribution is 2.24. The fourth-order valence-corrected chi connectivity index (χ4v) is 3.34. The van der Waals surface area contributed by atoms with Gasteiger partial charge in [0.2, 0.25) is 0 Å². The molecule has 0 spiro atoms. The van der Waals surface area contributed by atoms with Gasteiger partial charge in [-0.3, -0.25) is 19.3 Å². The molecule has 0 saturated carbocycles. The Morgan fingerprint density at radius 1 is 0.900 bits per heavy atom. The fraction of sp³-hybridized carbons (Fsp3) is 0.304. The van der Waals surface area contributed by atoms with Crippen LogP contribution in [-0.4, -0.2) is 52.2 Å². The van der Waals surface area contributed by atoms with Crippen molar-refractivity contribution in [3.63, 3.8) is 0 Å². The number of amides is 3. The van der Waals surface area contributed by atoms with E-state index in [2.05, 4.69) is 0 Å². The first-order valence-electron chi connectivity index (χ1n) is 9.78. The van der Waals surface area contributed by atoms with Crippen LogP contribution in [0.15, 0.2) is 54.6 Å². The molecule has 1 aliphatic heterocycles. The third-order valence-electron chi connectivity index (χ3n) is 5.03. The number of nitrogens with zero attached hydrogens (tertiary/aromatic N) is 2. The van der Waals surface area contributed by atoms with Crippen LogP contribution < -0.4 is 0 Å². The van der Waals surface area contributed by atoms with Crippen molar-refractivity contribution in [3.8, 4) is 0 Å². The molecule has 2 aromatic carbocycles. The first-order chi connectivity index (χ1) is 14.3. The molecule has 7 nitrogen and oxygen atoms in total. The van der Waals surface area contributed by atoms with Crippen LogP contribution in [0.1, 0.15) is 47.1 Å². The Morgan fingerprint density at radius 2 is 1.43 bits per heavy atom. The van der Waals surface area contributed by atoms with Crippen LogP contribution in [0.3, 0.4) is 0 Å². The summed E-state index contributed by atoms with van der Waals surface area (Å²) in [6, 6.07) is 14.7. The number of rotatable bonds is 7. The molecule has 1 atom stereocenters. The monoisotopic (exact) mass is 408 g/mol. The second-order valence-electron chi connectivity index (χ2n) is 7.41. The molecular formula is C23H24N2O5. The van der Waals surface area contributed by atoms with Gasteiger partial charge in [0.1, 0.15) is 6.04 Å². The molecule has 0 aromatic heterocycles. The zero-order chi connectivity index (χ0) is 21.8. The predicted molar refractivity (Wildman–Crippen MR) is 109 cm³/mol. The zero-order valence-electron chi connectivity index (χ0n) is 17.2. The number of ether oxygens (including phenoxy) is 1. The lowest BCUT2D eigenvalue weighted by Gasteiger charge is -2.27. The zero-order valence-corrected chi connectivity index (χ0v) is 17.2. The van der Waals surface area contributed by atoms with Crippen molar-refractivity contribution in [1.82, 2.24) is 9.80 Å². The Hall–Kier alpha value is -3.48. The highest BCUT2D eigenvalue weighted by atomic mass is 16.5. The summed E-state index contributed by atoms with van der Waals surface area (Å²) in [4.78, 5) is 52.6. The van der Waals surface area contributed by atoms with Crippen LogP contribution in [0.2, 0.25) is 0 Å². The molecule has 0 unspecified atom stereocenters. The highest BCUT2D eigenvalue weighted by Gasteiger charge is 2.41. The summed E-state index contributed by atoms with van der Waals surface area (Å²) in [5.74, 6) is -2.24. The molecule has 2 aromatic rings. The van der Waals surface area contributed by atoms with Gasteiger partial charge in [-0.1, -0.05) is 42.5 Å². The second kappa shape index (κ2) is 8.90. The van der Waals surface area contributed by atoms with Crippen LogP contribution >= 0.6 is 0 Å². The van der Waals surface area contributed by atoms with Gasteiger partial charge in [0, 0.05) is 12.6 Å². The van der Waals surface area contributed by atoms with E-state index in [0.717, 1.165) is 10.5 Å². The first kappa shape index (κ1) is 21.2. The maximum atomic E-state index is 12.6. The normalized spacial score (nSPS) is 13.9. The van der Waals surface area contributed by atoms with Crippen molar-refractivity contribution in [2.45, 2.75) is 39.4 Å².